The summed E-state index contributed by atoms with van der Waals surface area (Å²) in [6.07, 6.45) is 1.12. The monoisotopic (exact) mass is 277 g/mol. The number of aromatic nitrogens is 1. The summed E-state index contributed by atoms with van der Waals surface area (Å²) in [5.74, 6) is 0.967. The molecule has 102 valence electrons. The maximum atomic E-state index is 12.1. The Balaban J connectivity index is 1.98. The Bertz CT molecular complexity index is 575. The van der Waals surface area contributed by atoms with Gasteiger partial charge in [0.2, 0.25) is 0 Å². The van der Waals surface area contributed by atoms with Crippen molar-refractivity contribution in [3.63, 3.8) is 0 Å². The van der Waals surface area contributed by atoms with Crippen LogP contribution < -0.4 is 0 Å². The van der Waals surface area contributed by atoms with Gasteiger partial charge in [0.15, 0.2) is 5.78 Å². The van der Waals surface area contributed by atoms with E-state index >= 15 is 0 Å². The summed E-state index contributed by atoms with van der Waals surface area (Å²) in [6, 6.07) is 5.86. The van der Waals surface area contributed by atoms with E-state index in [1.165, 1.54) is 4.88 Å². The van der Waals surface area contributed by atoms with Crippen molar-refractivity contribution in [2.24, 2.45) is 0 Å². The van der Waals surface area contributed by atoms with E-state index in [-0.39, 0.29) is 11.2 Å². The van der Waals surface area contributed by atoms with Gasteiger partial charge in [0, 0.05) is 23.8 Å². The first-order chi connectivity index (χ1) is 8.86. The number of Topliss-reactive ketones (excluding diaryl/α,β-unsaturated/α-hetero) is 1. The molecule has 0 spiro atoms. The Morgan fingerprint density at radius 1 is 1.37 bits per heavy atom. The fourth-order valence-corrected chi connectivity index (χ4v) is 2.82. The van der Waals surface area contributed by atoms with Crippen LogP contribution in [0.1, 0.15) is 53.2 Å². The molecule has 3 nitrogen and oxygen atoms in total. The zero-order valence-corrected chi connectivity index (χ0v) is 12.6. The van der Waals surface area contributed by atoms with Crippen LogP contribution in [0.3, 0.4) is 0 Å². The first kappa shape index (κ1) is 14.0. The minimum Gasteiger partial charge on any atom is -0.361 e. The molecule has 0 atom stereocenters. The zero-order valence-electron chi connectivity index (χ0n) is 11.8. The van der Waals surface area contributed by atoms with E-state index in [1.54, 1.807) is 11.3 Å². The summed E-state index contributed by atoms with van der Waals surface area (Å²) in [5, 5.41) is 3.90. The minimum absolute atomic E-state index is 0.104. The van der Waals surface area contributed by atoms with Crippen LogP contribution in [-0.4, -0.2) is 10.9 Å². The molecule has 2 heterocycles. The molecule has 19 heavy (non-hydrogen) atoms. The van der Waals surface area contributed by atoms with E-state index in [0.717, 1.165) is 16.3 Å². The van der Waals surface area contributed by atoms with Crippen molar-refractivity contribution in [2.75, 3.05) is 0 Å². The predicted molar refractivity (Wildman–Crippen MR) is 76.9 cm³/mol. The van der Waals surface area contributed by atoms with Crippen molar-refractivity contribution in [1.29, 1.82) is 0 Å². The van der Waals surface area contributed by atoms with Gasteiger partial charge in [-0.25, -0.2) is 0 Å². The van der Waals surface area contributed by atoms with Crippen LogP contribution in [0.15, 0.2) is 22.7 Å². The lowest BCUT2D eigenvalue weighted by Crippen LogP contribution is -2.07. The van der Waals surface area contributed by atoms with Gasteiger partial charge in [-0.3, -0.25) is 4.79 Å². The number of hydrogen-bond donors (Lipinski definition) is 0. The van der Waals surface area contributed by atoms with Gasteiger partial charge < -0.3 is 4.52 Å². The molecular weight excluding hydrogens is 258 g/mol. The van der Waals surface area contributed by atoms with E-state index in [2.05, 4.69) is 32.0 Å². The molecular formula is C15H19NO2S. The molecule has 0 aromatic carbocycles. The molecule has 0 bridgehead atoms. The quantitative estimate of drug-likeness (QED) is 0.788. The lowest BCUT2D eigenvalue weighted by molar-refractivity contribution is 0.0986. The third kappa shape index (κ3) is 3.53. The molecule has 2 rings (SSSR count). The third-order valence-corrected chi connectivity index (χ3v) is 4.46. The number of nitrogens with zero attached hydrogens (tertiary/aromatic N) is 1. The van der Waals surface area contributed by atoms with Gasteiger partial charge in [-0.1, -0.05) is 25.9 Å². The number of aryl methyl sites for hydroxylation is 2. The Morgan fingerprint density at radius 2 is 2.11 bits per heavy atom. The standard InChI is InChI=1S/C15H19NO2S/c1-10-9-11(16-18-10)5-6-12(17)13-7-8-14(19-13)15(2,3)4/h7-9H,5-6H2,1-4H3. The molecule has 0 saturated carbocycles. The zero-order chi connectivity index (χ0) is 14.0. The molecule has 4 heteroatoms. The topological polar surface area (TPSA) is 43.1 Å². The average molecular weight is 277 g/mol. The predicted octanol–water partition coefficient (Wildman–Crippen LogP) is 4.16. The van der Waals surface area contributed by atoms with Crippen LogP contribution in [0.5, 0.6) is 0 Å². The van der Waals surface area contributed by atoms with Crippen LogP contribution in [0, 0.1) is 6.92 Å². The first-order valence-corrected chi connectivity index (χ1v) is 7.23. The third-order valence-electron chi connectivity index (χ3n) is 2.90. The summed E-state index contributed by atoms with van der Waals surface area (Å²) in [7, 11) is 0. The molecule has 0 saturated heterocycles. The molecule has 2 aromatic heterocycles. The molecule has 0 fully saturated rings. The maximum Gasteiger partial charge on any atom is 0.173 e. The number of rotatable bonds is 4. The average Bonchev–Trinajstić information content (AvgIpc) is 2.93. The highest BCUT2D eigenvalue weighted by Gasteiger charge is 2.18. The van der Waals surface area contributed by atoms with Crippen LogP contribution in [0.25, 0.3) is 0 Å². The smallest absolute Gasteiger partial charge is 0.173 e. The molecule has 0 aliphatic heterocycles. The Kier molecular flexibility index (Phi) is 3.90. The van der Waals surface area contributed by atoms with Gasteiger partial charge in [0.05, 0.1) is 10.6 Å². The normalized spacial score (nSPS) is 11.8. The summed E-state index contributed by atoms with van der Waals surface area (Å²) in [4.78, 5) is 14.2. The van der Waals surface area contributed by atoms with Gasteiger partial charge in [-0.15, -0.1) is 11.3 Å². The lowest BCUT2D eigenvalue weighted by atomic mass is 9.95. The second kappa shape index (κ2) is 5.29. The molecule has 2 aromatic rings. The van der Waals surface area contributed by atoms with Crippen molar-refractivity contribution in [1.82, 2.24) is 5.16 Å². The van der Waals surface area contributed by atoms with Gasteiger partial charge in [0.25, 0.3) is 0 Å². The molecule has 0 N–H and O–H groups in total. The summed E-state index contributed by atoms with van der Waals surface area (Å²) < 4.78 is 4.99. The second-order valence-electron chi connectivity index (χ2n) is 5.77. The number of hydrogen-bond acceptors (Lipinski definition) is 4. The highest BCUT2D eigenvalue weighted by Crippen LogP contribution is 2.30. The minimum atomic E-state index is 0.104. The Hall–Kier alpha value is -1.42. The van der Waals surface area contributed by atoms with Crippen LogP contribution in [-0.2, 0) is 11.8 Å². The molecule has 0 aliphatic rings. The van der Waals surface area contributed by atoms with Gasteiger partial charge in [-0.2, -0.15) is 0 Å². The number of carbonyl (C=O) groups is 1. The molecule has 0 radical (unpaired) electrons. The van der Waals surface area contributed by atoms with E-state index < -0.39 is 0 Å². The van der Waals surface area contributed by atoms with Gasteiger partial charge in [-0.05, 0) is 24.5 Å². The van der Waals surface area contributed by atoms with Crippen molar-refractivity contribution in [3.8, 4) is 0 Å². The fourth-order valence-electron chi connectivity index (χ4n) is 1.79. The highest BCUT2D eigenvalue weighted by atomic mass is 32.1. The van der Waals surface area contributed by atoms with Gasteiger partial charge >= 0.3 is 0 Å². The van der Waals surface area contributed by atoms with Crippen LogP contribution in [0.2, 0.25) is 0 Å². The largest absolute Gasteiger partial charge is 0.361 e. The second-order valence-corrected chi connectivity index (χ2v) is 6.85. The number of ketones is 1. The van der Waals surface area contributed by atoms with Crippen molar-refractivity contribution < 1.29 is 9.32 Å². The van der Waals surface area contributed by atoms with Crippen molar-refractivity contribution in [2.45, 2.75) is 46.0 Å². The van der Waals surface area contributed by atoms with E-state index in [0.29, 0.717) is 12.8 Å². The SMILES string of the molecule is Cc1cc(CCC(=O)c2ccc(C(C)(C)C)s2)no1. The molecule has 0 unspecified atom stereocenters. The van der Waals surface area contributed by atoms with Crippen molar-refractivity contribution >= 4 is 17.1 Å². The fraction of sp³-hybridized carbons (Fsp3) is 0.467. The van der Waals surface area contributed by atoms with Gasteiger partial charge in [0.1, 0.15) is 5.76 Å². The first-order valence-electron chi connectivity index (χ1n) is 6.42. The maximum absolute atomic E-state index is 12.1. The lowest BCUT2D eigenvalue weighted by Gasteiger charge is -2.15. The summed E-state index contributed by atoms with van der Waals surface area (Å²) >= 11 is 1.59. The molecule has 0 aliphatic carbocycles. The van der Waals surface area contributed by atoms with Crippen LogP contribution in [0.4, 0.5) is 0 Å². The van der Waals surface area contributed by atoms with E-state index in [1.807, 2.05) is 19.1 Å². The Morgan fingerprint density at radius 3 is 2.63 bits per heavy atom. The van der Waals surface area contributed by atoms with E-state index in [4.69, 9.17) is 4.52 Å². The number of thiophene rings is 1. The summed E-state index contributed by atoms with van der Waals surface area (Å²) in [6.45, 7) is 8.33. The molecule has 0 amide bonds. The van der Waals surface area contributed by atoms with Crippen molar-refractivity contribution in [3.05, 3.63) is 39.4 Å². The highest BCUT2D eigenvalue weighted by molar-refractivity contribution is 7.14. The van der Waals surface area contributed by atoms with Crippen LogP contribution >= 0.6 is 11.3 Å². The number of carbonyl (C=O) groups excluding carboxylic acids is 1. The summed E-state index contributed by atoms with van der Waals surface area (Å²) in [5.41, 5.74) is 0.949. The Labute approximate surface area is 117 Å². The van der Waals surface area contributed by atoms with E-state index in [9.17, 15) is 4.79 Å².